The highest BCUT2D eigenvalue weighted by Crippen LogP contribution is 2.24. The maximum absolute atomic E-state index is 14.3. The summed E-state index contributed by atoms with van der Waals surface area (Å²) in [6.07, 6.45) is 1.19. The van der Waals surface area contributed by atoms with E-state index in [0.717, 1.165) is 27.5 Å². The molecule has 1 heterocycles. The standard InChI is InChI=1S/C37H43N5O4/c38-18-9-19-40-36(44)34-23-31(46-25-27-12-5-2-6-13-27)24-42(34)37(45)33(22-26-10-3-1-4-11-26)41-35(43)32(39)21-28-16-17-29-14-7-8-15-30(29)20-28/h1-8,10-17,20,31-34H,9,18-19,21-25,38-39H2,(H,40,44)(H,41,43)/t31-,32-,33+,34?/m1/s1. The van der Waals surface area contributed by atoms with Crippen molar-refractivity contribution in [3.63, 3.8) is 0 Å². The largest absolute Gasteiger partial charge is 0.372 e. The fourth-order valence-corrected chi connectivity index (χ4v) is 5.87. The molecule has 46 heavy (non-hydrogen) atoms. The van der Waals surface area contributed by atoms with Crippen molar-refractivity contribution in [2.45, 2.75) is 56.5 Å². The van der Waals surface area contributed by atoms with Gasteiger partial charge in [-0.25, -0.2) is 0 Å². The van der Waals surface area contributed by atoms with Crippen LogP contribution in [-0.2, 0) is 38.6 Å². The van der Waals surface area contributed by atoms with E-state index in [4.69, 9.17) is 16.2 Å². The van der Waals surface area contributed by atoms with Crippen molar-refractivity contribution in [2.75, 3.05) is 19.6 Å². The number of carbonyl (C=O) groups excluding carboxylic acids is 3. The summed E-state index contributed by atoms with van der Waals surface area (Å²) in [5, 5.41) is 8.03. The van der Waals surface area contributed by atoms with Gasteiger partial charge in [-0.05, 0) is 46.8 Å². The number of fused-ring (bicyclic) bond motifs is 1. The zero-order valence-corrected chi connectivity index (χ0v) is 26.0. The van der Waals surface area contributed by atoms with E-state index in [-0.39, 0.29) is 30.9 Å². The van der Waals surface area contributed by atoms with Crippen molar-refractivity contribution in [3.8, 4) is 0 Å². The second-order valence-corrected chi connectivity index (χ2v) is 11.8. The molecular formula is C37H43N5O4. The van der Waals surface area contributed by atoms with Crippen LogP contribution in [0.3, 0.4) is 0 Å². The van der Waals surface area contributed by atoms with E-state index in [9.17, 15) is 14.4 Å². The van der Waals surface area contributed by atoms with E-state index < -0.39 is 24.0 Å². The lowest BCUT2D eigenvalue weighted by molar-refractivity contribution is -0.141. The van der Waals surface area contributed by atoms with Crippen molar-refractivity contribution in [1.29, 1.82) is 0 Å². The number of carbonyl (C=O) groups is 3. The monoisotopic (exact) mass is 621 g/mol. The molecule has 240 valence electrons. The number of amides is 3. The van der Waals surface area contributed by atoms with Gasteiger partial charge in [0.15, 0.2) is 0 Å². The lowest BCUT2D eigenvalue weighted by Crippen LogP contribution is -2.56. The third-order valence-corrected chi connectivity index (χ3v) is 8.36. The number of nitrogens with one attached hydrogen (secondary N) is 2. The van der Waals surface area contributed by atoms with Crippen molar-refractivity contribution in [2.24, 2.45) is 11.5 Å². The summed E-state index contributed by atoms with van der Waals surface area (Å²) < 4.78 is 6.19. The van der Waals surface area contributed by atoms with Gasteiger partial charge in [-0.1, -0.05) is 103 Å². The molecule has 4 aromatic rings. The molecule has 0 radical (unpaired) electrons. The summed E-state index contributed by atoms with van der Waals surface area (Å²) in [7, 11) is 0. The van der Waals surface area contributed by atoms with Gasteiger partial charge in [0.25, 0.3) is 0 Å². The van der Waals surface area contributed by atoms with Crippen molar-refractivity contribution < 1.29 is 19.1 Å². The molecule has 1 fully saturated rings. The highest BCUT2D eigenvalue weighted by molar-refractivity contribution is 5.94. The van der Waals surface area contributed by atoms with Gasteiger partial charge in [-0.3, -0.25) is 14.4 Å². The molecule has 4 aromatic carbocycles. The van der Waals surface area contributed by atoms with E-state index in [1.54, 1.807) is 4.90 Å². The van der Waals surface area contributed by atoms with Gasteiger partial charge in [0, 0.05) is 25.9 Å². The number of rotatable bonds is 14. The van der Waals surface area contributed by atoms with Gasteiger partial charge < -0.3 is 31.7 Å². The summed E-state index contributed by atoms with van der Waals surface area (Å²) in [6.45, 7) is 1.45. The smallest absolute Gasteiger partial charge is 0.246 e. The van der Waals surface area contributed by atoms with E-state index in [2.05, 4.69) is 10.6 Å². The molecule has 9 heteroatoms. The fraction of sp³-hybridized carbons (Fsp3) is 0.324. The summed E-state index contributed by atoms with van der Waals surface area (Å²) >= 11 is 0. The minimum atomic E-state index is -0.926. The van der Waals surface area contributed by atoms with E-state index in [0.29, 0.717) is 39.0 Å². The molecule has 0 saturated carbocycles. The second kappa shape index (κ2) is 16.1. The topological polar surface area (TPSA) is 140 Å². The third kappa shape index (κ3) is 8.78. The number of likely N-dealkylation sites (tertiary alicyclic amines) is 1. The molecule has 1 aliphatic rings. The summed E-state index contributed by atoms with van der Waals surface area (Å²) in [5.74, 6) is -1.03. The van der Waals surface area contributed by atoms with E-state index in [1.165, 1.54) is 0 Å². The Morgan fingerprint density at radius 1 is 0.826 bits per heavy atom. The first-order valence-electron chi connectivity index (χ1n) is 15.9. The van der Waals surface area contributed by atoms with Gasteiger partial charge in [0.1, 0.15) is 12.1 Å². The molecule has 3 amide bonds. The minimum Gasteiger partial charge on any atom is -0.372 e. The average molecular weight is 622 g/mol. The number of hydrogen-bond donors (Lipinski definition) is 4. The number of benzene rings is 4. The predicted octanol–water partition coefficient (Wildman–Crippen LogP) is 3.09. The molecule has 0 bridgehead atoms. The van der Waals surface area contributed by atoms with Gasteiger partial charge in [0.05, 0.1) is 18.8 Å². The SMILES string of the molecule is NCCCNC(=O)C1C[C@@H](OCc2ccccc2)CN1C(=O)[C@H](Cc1ccccc1)NC(=O)[C@H](N)Cc1ccc2ccccc2c1. The van der Waals surface area contributed by atoms with Gasteiger partial charge in [0.2, 0.25) is 17.7 Å². The molecule has 0 spiro atoms. The number of nitrogens with two attached hydrogens (primary N) is 2. The Bertz CT molecular complexity index is 1600. The van der Waals surface area contributed by atoms with Crippen molar-refractivity contribution in [1.82, 2.24) is 15.5 Å². The van der Waals surface area contributed by atoms with Crippen LogP contribution < -0.4 is 22.1 Å². The van der Waals surface area contributed by atoms with Crippen LogP contribution in [0.5, 0.6) is 0 Å². The van der Waals surface area contributed by atoms with E-state index >= 15 is 0 Å². The van der Waals surface area contributed by atoms with Gasteiger partial charge in [-0.2, -0.15) is 0 Å². The maximum Gasteiger partial charge on any atom is 0.246 e. The lowest BCUT2D eigenvalue weighted by atomic mass is 10.0. The Morgan fingerprint density at radius 2 is 1.50 bits per heavy atom. The van der Waals surface area contributed by atoms with Crippen molar-refractivity contribution >= 4 is 28.5 Å². The number of hydrogen-bond acceptors (Lipinski definition) is 6. The molecule has 4 atom stereocenters. The quantitative estimate of drug-likeness (QED) is 0.160. The van der Waals surface area contributed by atoms with Crippen LogP contribution in [0.2, 0.25) is 0 Å². The Labute approximate surface area is 270 Å². The first-order valence-corrected chi connectivity index (χ1v) is 15.9. The first-order chi connectivity index (χ1) is 22.4. The lowest BCUT2D eigenvalue weighted by Gasteiger charge is -2.29. The number of nitrogens with zero attached hydrogens (tertiary/aromatic N) is 1. The van der Waals surface area contributed by atoms with Gasteiger partial charge >= 0.3 is 0 Å². The zero-order valence-electron chi connectivity index (χ0n) is 26.0. The van der Waals surface area contributed by atoms with Crippen molar-refractivity contribution in [3.05, 3.63) is 120 Å². The maximum atomic E-state index is 14.3. The average Bonchev–Trinajstić information content (AvgIpc) is 3.52. The molecule has 1 unspecified atom stereocenters. The molecular weight excluding hydrogens is 578 g/mol. The predicted molar refractivity (Wildman–Crippen MR) is 180 cm³/mol. The van der Waals surface area contributed by atoms with Crippen LogP contribution in [0, 0.1) is 0 Å². The molecule has 1 aliphatic heterocycles. The third-order valence-electron chi connectivity index (χ3n) is 8.36. The Kier molecular flexibility index (Phi) is 11.5. The highest BCUT2D eigenvalue weighted by Gasteiger charge is 2.42. The molecule has 5 rings (SSSR count). The Balaban J connectivity index is 1.32. The molecule has 0 aromatic heterocycles. The van der Waals surface area contributed by atoms with Crippen LogP contribution >= 0.6 is 0 Å². The van der Waals surface area contributed by atoms with Crippen LogP contribution in [0.4, 0.5) is 0 Å². The van der Waals surface area contributed by atoms with Crippen LogP contribution in [0.1, 0.15) is 29.5 Å². The van der Waals surface area contributed by atoms with E-state index in [1.807, 2.05) is 103 Å². The molecule has 6 N–H and O–H groups in total. The first kappa shape index (κ1) is 32.8. The normalized spacial score (nSPS) is 17.4. The van der Waals surface area contributed by atoms with Crippen LogP contribution in [0.15, 0.2) is 103 Å². The molecule has 9 nitrogen and oxygen atoms in total. The molecule has 1 saturated heterocycles. The van der Waals surface area contributed by atoms with Crippen LogP contribution in [0.25, 0.3) is 10.8 Å². The van der Waals surface area contributed by atoms with Gasteiger partial charge in [-0.15, -0.1) is 0 Å². The minimum absolute atomic E-state index is 0.227. The summed E-state index contributed by atoms with van der Waals surface area (Å²) in [6, 6.07) is 30.8. The number of ether oxygens (including phenoxy) is 1. The zero-order chi connectivity index (χ0) is 32.3. The Morgan fingerprint density at radius 3 is 2.22 bits per heavy atom. The second-order valence-electron chi connectivity index (χ2n) is 11.8. The highest BCUT2D eigenvalue weighted by atomic mass is 16.5. The molecule has 0 aliphatic carbocycles. The fourth-order valence-electron chi connectivity index (χ4n) is 5.87. The van der Waals surface area contributed by atoms with Crippen LogP contribution in [-0.4, -0.2) is 66.5 Å². The Hall–Kier alpha value is -4.57. The summed E-state index contributed by atoms with van der Waals surface area (Å²) in [4.78, 5) is 42.7. The summed E-state index contributed by atoms with van der Waals surface area (Å²) in [5.41, 5.74) is 14.9.